The van der Waals surface area contributed by atoms with Gasteiger partial charge in [-0.25, -0.2) is 0 Å². The van der Waals surface area contributed by atoms with Crippen molar-refractivity contribution in [2.24, 2.45) is 5.92 Å². The van der Waals surface area contributed by atoms with Crippen molar-refractivity contribution in [3.8, 4) is 5.75 Å². The van der Waals surface area contributed by atoms with Crippen LogP contribution >= 0.6 is 11.6 Å². The maximum absolute atomic E-state index is 14.4. The highest BCUT2D eigenvalue weighted by molar-refractivity contribution is 6.31. The van der Waals surface area contributed by atoms with E-state index in [1.165, 1.54) is 0 Å². The highest BCUT2D eigenvalue weighted by Crippen LogP contribution is 2.65. The molecule has 0 radical (unpaired) electrons. The van der Waals surface area contributed by atoms with E-state index in [1.807, 2.05) is 71.6 Å². The third-order valence-corrected chi connectivity index (χ3v) is 9.18. The van der Waals surface area contributed by atoms with Crippen LogP contribution in [0.3, 0.4) is 0 Å². The smallest absolute Gasteiger partial charge is 0.325 e. The molecule has 2 fully saturated rings. The monoisotopic (exact) mass is 594 g/mol. The molecule has 1 spiro atoms. The molecular formula is C34H27ClN2O6. The second-order valence-electron chi connectivity index (χ2n) is 11.0. The van der Waals surface area contributed by atoms with Gasteiger partial charge in [-0.15, -0.1) is 0 Å². The summed E-state index contributed by atoms with van der Waals surface area (Å²) in [6.45, 7) is 0. The molecule has 43 heavy (non-hydrogen) atoms. The Morgan fingerprint density at radius 3 is 2.23 bits per heavy atom. The largest absolute Gasteiger partial charge is 0.497 e. The molecule has 8 nitrogen and oxygen atoms in total. The third-order valence-electron chi connectivity index (χ3n) is 8.95. The number of nitrogens with zero attached hydrogens (tertiary/aromatic N) is 1. The average Bonchev–Trinajstić information content (AvgIpc) is 3.50. The lowest BCUT2D eigenvalue weighted by Crippen LogP contribution is -2.52. The first kappa shape index (κ1) is 27.2. The van der Waals surface area contributed by atoms with Gasteiger partial charge in [0.2, 0.25) is 5.91 Å². The molecule has 216 valence electrons. The van der Waals surface area contributed by atoms with Gasteiger partial charge in [-0.1, -0.05) is 84.4 Å². The molecule has 7 rings (SSSR count). The quantitative estimate of drug-likeness (QED) is 0.285. The Kier molecular flexibility index (Phi) is 6.49. The van der Waals surface area contributed by atoms with Crippen LogP contribution in [0, 0.1) is 5.92 Å². The summed E-state index contributed by atoms with van der Waals surface area (Å²) in [6, 6.07) is 28.2. The fraction of sp³-hybridized carbons (Fsp3) is 0.206. The molecular weight excluding hydrogens is 568 g/mol. The van der Waals surface area contributed by atoms with E-state index < -0.39 is 53.4 Å². The van der Waals surface area contributed by atoms with Gasteiger partial charge in [0.05, 0.1) is 19.2 Å². The van der Waals surface area contributed by atoms with Gasteiger partial charge in [0.15, 0.2) is 0 Å². The number of fused-ring (bicyclic) bond motifs is 3. The number of morpholine rings is 1. The number of benzene rings is 4. The zero-order valence-corrected chi connectivity index (χ0v) is 23.8. The summed E-state index contributed by atoms with van der Waals surface area (Å²) in [4.78, 5) is 43.9. The molecule has 3 aliphatic rings. The van der Waals surface area contributed by atoms with Gasteiger partial charge < -0.3 is 19.9 Å². The molecule has 1 amide bonds. The number of carboxylic acid groups (broad SMARTS) is 1. The summed E-state index contributed by atoms with van der Waals surface area (Å²) in [5.74, 6) is -3.48. The lowest BCUT2D eigenvalue weighted by molar-refractivity contribution is -0.179. The number of carbonyl (C=O) groups excluding carboxylic acids is 2. The molecule has 0 aliphatic carbocycles. The van der Waals surface area contributed by atoms with Crippen molar-refractivity contribution in [3.05, 3.63) is 130 Å². The summed E-state index contributed by atoms with van der Waals surface area (Å²) in [5.41, 5.74) is 1.33. The number of carbonyl (C=O) groups is 3. The number of cyclic esters (lactones) is 1. The second kappa shape index (κ2) is 10.3. The fourth-order valence-electron chi connectivity index (χ4n) is 7.36. The minimum absolute atomic E-state index is 0.345. The number of hydrogen-bond acceptors (Lipinski definition) is 6. The molecule has 3 heterocycles. The summed E-state index contributed by atoms with van der Waals surface area (Å²) >= 11 is 6.50. The number of ether oxygens (including phenoxy) is 2. The summed E-state index contributed by atoms with van der Waals surface area (Å²) in [5, 5.41) is 14.2. The highest BCUT2D eigenvalue weighted by Gasteiger charge is 2.74. The normalized spacial score (nSPS) is 27.7. The van der Waals surface area contributed by atoms with Gasteiger partial charge in [-0.2, -0.15) is 0 Å². The van der Waals surface area contributed by atoms with Crippen LogP contribution in [-0.2, 0) is 24.5 Å². The molecule has 4 aromatic carbocycles. The molecule has 3 aliphatic heterocycles. The van der Waals surface area contributed by atoms with Crippen LogP contribution in [0.15, 0.2) is 103 Å². The second-order valence-corrected chi connectivity index (χ2v) is 11.5. The van der Waals surface area contributed by atoms with Crippen molar-refractivity contribution in [1.29, 1.82) is 0 Å². The van der Waals surface area contributed by atoms with E-state index in [2.05, 4.69) is 5.32 Å². The van der Waals surface area contributed by atoms with Crippen molar-refractivity contribution in [1.82, 2.24) is 4.90 Å². The Bertz CT molecular complexity index is 1750. The number of hydrogen-bond donors (Lipinski definition) is 2. The number of aliphatic carboxylic acids is 1. The maximum Gasteiger partial charge on any atom is 0.325 e. The van der Waals surface area contributed by atoms with E-state index in [-0.39, 0.29) is 0 Å². The number of anilines is 1. The first-order valence-electron chi connectivity index (χ1n) is 13.9. The first-order chi connectivity index (χ1) is 20.9. The van der Waals surface area contributed by atoms with Gasteiger partial charge in [0.1, 0.15) is 29.2 Å². The predicted octanol–water partition coefficient (Wildman–Crippen LogP) is 5.70. The Morgan fingerprint density at radius 1 is 0.884 bits per heavy atom. The van der Waals surface area contributed by atoms with Crippen molar-refractivity contribution in [3.63, 3.8) is 0 Å². The minimum Gasteiger partial charge on any atom is -0.497 e. The SMILES string of the molecule is COc1cccc([C@H]2N3[C@H](C(=O)O[C@H](c4ccccc4)[C@@H]3c3ccccc3)[C@@H](C(=O)O)[C@]23C(=O)Nc2ccc(Cl)cc23)c1. The van der Waals surface area contributed by atoms with Crippen LogP contribution in [0.2, 0.25) is 5.02 Å². The molecule has 9 heteroatoms. The van der Waals surface area contributed by atoms with Crippen LogP contribution < -0.4 is 10.1 Å². The average molecular weight is 595 g/mol. The van der Waals surface area contributed by atoms with E-state index in [0.29, 0.717) is 27.6 Å². The van der Waals surface area contributed by atoms with Crippen LogP contribution in [0.25, 0.3) is 0 Å². The molecule has 2 saturated heterocycles. The topological polar surface area (TPSA) is 105 Å². The Morgan fingerprint density at radius 2 is 1.56 bits per heavy atom. The molecule has 2 N–H and O–H groups in total. The van der Waals surface area contributed by atoms with Crippen LogP contribution in [0.1, 0.15) is 40.4 Å². The standard InChI is InChI=1S/C34H27ClN2O6/c1-42-23-14-8-13-21(17-23)30-34(24-18-22(35)15-16-25(24)36-33(34)41)26(31(38)39)28-32(40)43-29(20-11-6-3-7-12-20)27(37(28)30)19-9-4-2-5-10-19/h2-18,26-30H,1H3,(H,36,41)(H,38,39)/t26-,27-,28-,29+,30+,34-/m0/s1. The number of esters is 1. The summed E-state index contributed by atoms with van der Waals surface area (Å²) in [6.07, 6.45) is -0.784. The van der Waals surface area contributed by atoms with E-state index in [4.69, 9.17) is 21.1 Å². The number of halogens is 1. The Balaban J connectivity index is 1.58. The van der Waals surface area contributed by atoms with Gasteiger partial charge in [-0.05, 0) is 52.6 Å². The number of carboxylic acids is 1. The Hall–Kier alpha value is -4.66. The zero-order valence-electron chi connectivity index (χ0n) is 23.0. The van der Waals surface area contributed by atoms with E-state index in [0.717, 1.165) is 11.1 Å². The van der Waals surface area contributed by atoms with Crippen molar-refractivity contribution < 1.29 is 29.0 Å². The predicted molar refractivity (Wildman–Crippen MR) is 159 cm³/mol. The molecule has 0 bridgehead atoms. The molecule has 6 atom stereocenters. The highest BCUT2D eigenvalue weighted by atomic mass is 35.5. The molecule has 0 unspecified atom stereocenters. The molecule has 4 aromatic rings. The Labute approximate surface area is 252 Å². The van der Waals surface area contributed by atoms with Crippen LogP contribution in [0.4, 0.5) is 5.69 Å². The lowest BCUT2D eigenvalue weighted by atomic mass is 9.65. The fourth-order valence-corrected chi connectivity index (χ4v) is 7.53. The molecule has 0 aromatic heterocycles. The van der Waals surface area contributed by atoms with Crippen molar-refractivity contribution >= 4 is 35.1 Å². The van der Waals surface area contributed by atoms with Crippen LogP contribution in [0.5, 0.6) is 5.75 Å². The van der Waals surface area contributed by atoms with Gasteiger partial charge in [0.25, 0.3) is 0 Å². The van der Waals surface area contributed by atoms with Gasteiger partial charge in [0, 0.05) is 10.7 Å². The van der Waals surface area contributed by atoms with Crippen molar-refractivity contribution in [2.75, 3.05) is 12.4 Å². The number of nitrogens with one attached hydrogen (secondary N) is 1. The first-order valence-corrected chi connectivity index (χ1v) is 14.3. The maximum atomic E-state index is 14.4. The summed E-state index contributed by atoms with van der Waals surface area (Å²) < 4.78 is 11.8. The van der Waals surface area contributed by atoms with E-state index >= 15 is 0 Å². The van der Waals surface area contributed by atoms with Crippen LogP contribution in [-0.4, -0.2) is 41.0 Å². The van der Waals surface area contributed by atoms with Crippen molar-refractivity contribution in [2.45, 2.75) is 29.6 Å². The van der Waals surface area contributed by atoms with E-state index in [1.54, 1.807) is 43.5 Å². The number of methoxy groups -OCH3 is 1. The minimum atomic E-state index is -1.74. The molecule has 0 saturated carbocycles. The number of rotatable bonds is 5. The number of amides is 1. The van der Waals surface area contributed by atoms with E-state index in [9.17, 15) is 19.5 Å². The summed E-state index contributed by atoms with van der Waals surface area (Å²) in [7, 11) is 1.54. The zero-order chi connectivity index (χ0) is 29.9. The van der Waals surface area contributed by atoms with Gasteiger partial charge in [-0.3, -0.25) is 19.3 Å². The van der Waals surface area contributed by atoms with Gasteiger partial charge >= 0.3 is 11.9 Å². The third kappa shape index (κ3) is 3.97. The lowest BCUT2D eigenvalue weighted by Gasteiger charge is -2.46.